The maximum atomic E-state index is 12.1. The van der Waals surface area contributed by atoms with Crippen LogP contribution in [0.2, 0.25) is 0 Å². The van der Waals surface area contributed by atoms with Crippen molar-refractivity contribution in [3.63, 3.8) is 0 Å². The smallest absolute Gasteiger partial charge is 0.251 e. The first kappa shape index (κ1) is 18.8. The molecule has 1 amide bonds. The van der Waals surface area contributed by atoms with Crippen molar-refractivity contribution in [3.05, 3.63) is 59.7 Å². The Bertz CT molecular complexity index is 644. The van der Waals surface area contributed by atoms with Crippen LogP contribution in [0.5, 0.6) is 5.75 Å². The summed E-state index contributed by atoms with van der Waals surface area (Å²) in [6.07, 6.45) is 0. The number of carbonyl (C=O) groups is 1. The lowest BCUT2D eigenvalue weighted by molar-refractivity contribution is 0.0950. The molecule has 3 N–H and O–H groups in total. The number of anilines is 1. The molecule has 0 radical (unpaired) electrons. The number of nitrogens with two attached hydrogens (primary N) is 1. The summed E-state index contributed by atoms with van der Waals surface area (Å²) >= 11 is 0. The van der Waals surface area contributed by atoms with E-state index in [-0.39, 0.29) is 18.3 Å². The highest BCUT2D eigenvalue weighted by Gasteiger charge is 2.08. The highest BCUT2D eigenvalue weighted by Crippen LogP contribution is 2.18. The lowest BCUT2D eigenvalue weighted by Gasteiger charge is -2.13. The Labute approximate surface area is 143 Å². The number of para-hydroxylation sites is 1. The summed E-state index contributed by atoms with van der Waals surface area (Å²) in [6, 6.07) is 14.7. The van der Waals surface area contributed by atoms with Gasteiger partial charge in [0.15, 0.2) is 0 Å². The van der Waals surface area contributed by atoms with Gasteiger partial charge in [-0.05, 0) is 30.2 Å². The van der Waals surface area contributed by atoms with Crippen LogP contribution in [0, 0.1) is 5.92 Å². The molecule has 0 saturated carbocycles. The predicted molar refractivity (Wildman–Crippen MR) is 96.0 cm³/mol. The van der Waals surface area contributed by atoms with Gasteiger partial charge in [0, 0.05) is 23.4 Å². The summed E-state index contributed by atoms with van der Waals surface area (Å²) in [5, 5.41) is 2.90. The molecule has 124 valence electrons. The van der Waals surface area contributed by atoms with Gasteiger partial charge in [0.2, 0.25) is 0 Å². The van der Waals surface area contributed by atoms with Gasteiger partial charge in [0.1, 0.15) is 5.75 Å². The van der Waals surface area contributed by atoms with Crippen molar-refractivity contribution in [2.45, 2.75) is 20.4 Å². The molecular weight excluding hydrogens is 312 g/mol. The second-order valence-electron chi connectivity index (χ2n) is 5.62. The quantitative estimate of drug-likeness (QED) is 0.792. The zero-order chi connectivity index (χ0) is 15.9. The summed E-state index contributed by atoms with van der Waals surface area (Å²) in [5.41, 5.74) is 7.79. The van der Waals surface area contributed by atoms with Crippen LogP contribution in [0.4, 0.5) is 5.69 Å². The highest BCUT2D eigenvalue weighted by atomic mass is 35.5. The van der Waals surface area contributed by atoms with Gasteiger partial charge in [-0.25, -0.2) is 0 Å². The van der Waals surface area contributed by atoms with E-state index in [0.717, 1.165) is 11.3 Å². The largest absolute Gasteiger partial charge is 0.493 e. The second-order valence-corrected chi connectivity index (χ2v) is 5.62. The number of hydrogen-bond acceptors (Lipinski definition) is 3. The van der Waals surface area contributed by atoms with E-state index in [1.807, 2.05) is 24.3 Å². The Kier molecular flexibility index (Phi) is 7.42. The van der Waals surface area contributed by atoms with Gasteiger partial charge in [-0.2, -0.15) is 0 Å². The lowest BCUT2D eigenvalue weighted by atomic mass is 10.1. The van der Waals surface area contributed by atoms with Crippen LogP contribution in [0.3, 0.4) is 0 Å². The number of halogens is 1. The molecule has 0 spiro atoms. The number of rotatable bonds is 6. The Balaban J connectivity index is 0.00000264. The minimum absolute atomic E-state index is 0. The molecule has 0 fully saturated rings. The molecule has 4 nitrogen and oxygen atoms in total. The van der Waals surface area contributed by atoms with Crippen molar-refractivity contribution >= 4 is 24.0 Å². The van der Waals surface area contributed by atoms with E-state index in [1.165, 1.54) is 0 Å². The Morgan fingerprint density at radius 1 is 1.17 bits per heavy atom. The maximum absolute atomic E-state index is 12.1. The number of ether oxygens (including phenoxy) is 1. The summed E-state index contributed by atoms with van der Waals surface area (Å²) in [6.45, 7) is 5.27. The first-order valence-electron chi connectivity index (χ1n) is 7.40. The van der Waals surface area contributed by atoms with Gasteiger partial charge in [0.05, 0.1) is 6.61 Å². The molecule has 0 aliphatic heterocycles. The molecule has 0 aromatic heterocycles. The number of benzene rings is 2. The van der Waals surface area contributed by atoms with Crippen molar-refractivity contribution in [1.29, 1.82) is 0 Å². The summed E-state index contributed by atoms with van der Waals surface area (Å²) in [7, 11) is 0. The Morgan fingerprint density at radius 2 is 1.91 bits per heavy atom. The minimum Gasteiger partial charge on any atom is -0.493 e. The zero-order valence-electron chi connectivity index (χ0n) is 13.4. The summed E-state index contributed by atoms with van der Waals surface area (Å²) < 4.78 is 5.78. The average molecular weight is 335 g/mol. The molecule has 2 aromatic rings. The van der Waals surface area contributed by atoms with Crippen molar-refractivity contribution < 1.29 is 9.53 Å². The van der Waals surface area contributed by atoms with Crippen molar-refractivity contribution in [2.75, 3.05) is 12.3 Å². The van der Waals surface area contributed by atoms with Crippen LogP contribution in [-0.4, -0.2) is 12.5 Å². The topological polar surface area (TPSA) is 64.3 Å². The fraction of sp³-hybridized carbons (Fsp3) is 0.278. The third kappa shape index (κ3) is 5.83. The van der Waals surface area contributed by atoms with Gasteiger partial charge in [-0.1, -0.05) is 38.1 Å². The van der Waals surface area contributed by atoms with Gasteiger partial charge < -0.3 is 15.8 Å². The molecule has 0 bridgehead atoms. The SMILES string of the molecule is CC(C)COc1ccccc1CNC(=O)c1cccc(N)c1.Cl. The number of amides is 1. The summed E-state index contributed by atoms with van der Waals surface area (Å²) in [5.74, 6) is 1.12. The van der Waals surface area contributed by atoms with E-state index in [4.69, 9.17) is 10.5 Å². The first-order valence-corrected chi connectivity index (χ1v) is 7.40. The minimum atomic E-state index is -0.147. The standard InChI is InChI=1S/C18H22N2O2.ClH/c1-13(2)12-22-17-9-4-3-6-15(17)11-20-18(21)14-7-5-8-16(19)10-14;/h3-10,13H,11-12,19H2,1-2H3,(H,20,21);1H. The van der Waals surface area contributed by atoms with Crippen LogP contribution >= 0.6 is 12.4 Å². The van der Waals surface area contributed by atoms with Gasteiger partial charge in [-0.15, -0.1) is 12.4 Å². The third-order valence-corrected chi connectivity index (χ3v) is 3.13. The van der Waals surface area contributed by atoms with E-state index in [9.17, 15) is 4.79 Å². The molecule has 0 atom stereocenters. The second kappa shape index (κ2) is 9.06. The molecular formula is C18H23ClN2O2. The number of carbonyl (C=O) groups excluding carboxylic acids is 1. The van der Waals surface area contributed by atoms with Crippen molar-refractivity contribution in [1.82, 2.24) is 5.32 Å². The fourth-order valence-electron chi connectivity index (χ4n) is 2.00. The van der Waals surface area contributed by atoms with Crippen molar-refractivity contribution in [3.8, 4) is 5.75 Å². The van der Waals surface area contributed by atoms with Crippen LogP contribution in [0.15, 0.2) is 48.5 Å². The van der Waals surface area contributed by atoms with Crippen LogP contribution in [0.25, 0.3) is 0 Å². The molecule has 0 aliphatic carbocycles. The van der Waals surface area contributed by atoms with Gasteiger partial charge in [-0.3, -0.25) is 4.79 Å². The molecule has 23 heavy (non-hydrogen) atoms. The number of nitrogens with one attached hydrogen (secondary N) is 1. The zero-order valence-corrected chi connectivity index (χ0v) is 14.2. The first-order chi connectivity index (χ1) is 10.6. The molecule has 5 heteroatoms. The average Bonchev–Trinajstić information content (AvgIpc) is 2.51. The van der Waals surface area contributed by atoms with Crippen LogP contribution in [0.1, 0.15) is 29.8 Å². The molecule has 2 rings (SSSR count). The molecule has 0 aliphatic rings. The van der Waals surface area contributed by atoms with E-state index in [1.54, 1.807) is 24.3 Å². The summed E-state index contributed by atoms with van der Waals surface area (Å²) in [4.78, 5) is 12.1. The fourth-order valence-corrected chi connectivity index (χ4v) is 2.00. The Morgan fingerprint density at radius 3 is 2.61 bits per heavy atom. The number of nitrogen functional groups attached to an aromatic ring is 1. The van der Waals surface area contributed by atoms with Crippen molar-refractivity contribution in [2.24, 2.45) is 5.92 Å². The van der Waals surface area contributed by atoms with Gasteiger partial charge >= 0.3 is 0 Å². The van der Waals surface area contributed by atoms with E-state index in [2.05, 4.69) is 19.2 Å². The molecule has 2 aromatic carbocycles. The Hall–Kier alpha value is -2.20. The lowest BCUT2D eigenvalue weighted by Crippen LogP contribution is -2.23. The molecule has 0 heterocycles. The normalized spacial score (nSPS) is 10.0. The third-order valence-electron chi connectivity index (χ3n) is 3.13. The van der Waals surface area contributed by atoms with E-state index in [0.29, 0.717) is 30.3 Å². The monoisotopic (exact) mass is 334 g/mol. The predicted octanol–water partition coefficient (Wildman–Crippen LogP) is 3.66. The maximum Gasteiger partial charge on any atom is 0.251 e. The van der Waals surface area contributed by atoms with Crippen LogP contribution in [-0.2, 0) is 6.54 Å². The molecule has 0 unspecified atom stereocenters. The van der Waals surface area contributed by atoms with Crippen LogP contribution < -0.4 is 15.8 Å². The molecule has 0 saturated heterocycles. The van der Waals surface area contributed by atoms with E-state index < -0.39 is 0 Å². The van der Waals surface area contributed by atoms with E-state index >= 15 is 0 Å². The number of hydrogen-bond donors (Lipinski definition) is 2. The highest BCUT2D eigenvalue weighted by molar-refractivity contribution is 5.94. The van der Waals surface area contributed by atoms with Gasteiger partial charge in [0.25, 0.3) is 5.91 Å².